The molecule has 2 aromatic rings. The van der Waals surface area contributed by atoms with Crippen LogP contribution in [-0.2, 0) is 20.1 Å². The predicted molar refractivity (Wildman–Crippen MR) is 67.9 cm³/mol. The van der Waals surface area contributed by atoms with Crippen molar-refractivity contribution in [1.82, 2.24) is 19.6 Å². The van der Waals surface area contributed by atoms with Crippen LogP contribution in [0.15, 0.2) is 12.4 Å². The summed E-state index contributed by atoms with van der Waals surface area (Å²) in [5, 5.41) is 12.1. The van der Waals surface area contributed by atoms with Crippen LogP contribution in [-0.4, -0.2) is 19.6 Å². The van der Waals surface area contributed by atoms with Crippen LogP contribution in [0, 0.1) is 13.8 Å². The Bertz CT molecular complexity index is 509. The molecule has 0 amide bonds. The number of aryl methyl sites for hydroxylation is 4. The minimum atomic E-state index is 0.790. The molecule has 2 heterocycles. The number of aromatic nitrogens is 4. The van der Waals surface area contributed by atoms with Gasteiger partial charge in [-0.1, -0.05) is 0 Å². The predicted octanol–water partition coefficient (Wildman–Crippen LogP) is 1.87. The minimum absolute atomic E-state index is 0.790. The zero-order valence-electron chi connectivity index (χ0n) is 10.9. The molecule has 2 aromatic heterocycles. The standard InChI is InChI=1S/C12H19N5/c1-5-17-7-11(9(2)15-17)6-13-12-8-16(4)14-10(12)3/h7-8,13H,5-6H2,1-4H3. The minimum Gasteiger partial charge on any atom is -0.378 e. The van der Waals surface area contributed by atoms with Gasteiger partial charge in [-0.15, -0.1) is 0 Å². The molecule has 0 radical (unpaired) electrons. The van der Waals surface area contributed by atoms with Crippen LogP contribution in [0.25, 0.3) is 0 Å². The second-order valence-corrected chi connectivity index (χ2v) is 4.25. The maximum Gasteiger partial charge on any atom is 0.0825 e. The van der Waals surface area contributed by atoms with E-state index in [2.05, 4.69) is 28.6 Å². The van der Waals surface area contributed by atoms with Crippen LogP contribution in [0.5, 0.6) is 0 Å². The van der Waals surface area contributed by atoms with Gasteiger partial charge < -0.3 is 5.32 Å². The molecule has 0 spiro atoms. The zero-order valence-corrected chi connectivity index (χ0v) is 10.9. The van der Waals surface area contributed by atoms with Gasteiger partial charge in [0.2, 0.25) is 0 Å². The van der Waals surface area contributed by atoms with Gasteiger partial charge in [-0.25, -0.2) is 0 Å². The SMILES string of the molecule is CCn1cc(CNc2cn(C)nc2C)c(C)n1. The van der Waals surface area contributed by atoms with E-state index >= 15 is 0 Å². The van der Waals surface area contributed by atoms with Crippen molar-refractivity contribution in [2.75, 3.05) is 5.32 Å². The molecule has 0 unspecified atom stereocenters. The number of rotatable bonds is 4. The van der Waals surface area contributed by atoms with E-state index in [1.807, 2.05) is 36.5 Å². The highest BCUT2D eigenvalue weighted by Gasteiger charge is 2.06. The number of anilines is 1. The molecule has 0 bridgehead atoms. The molecular formula is C12H19N5. The Labute approximate surface area is 101 Å². The summed E-state index contributed by atoms with van der Waals surface area (Å²) in [4.78, 5) is 0. The van der Waals surface area contributed by atoms with Gasteiger partial charge in [0.05, 0.1) is 17.1 Å². The Hall–Kier alpha value is -1.78. The second kappa shape index (κ2) is 4.61. The van der Waals surface area contributed by atoms with E-state index in [0.29, 0.717) is 0 Å². The molecule has 5 nitrogen and oxygen atoms in total. The fourth-order valence-electron chi connectivity index (χ4n) is 1.86. The van der Waals surface area contributed by atoms with Crippen LogP contribution in [0.3, 0.4) is 0 Å². The Balaban J connectivity index is 2.06. The van der Waals surface area contributed by atoms with Crippen molar-refractivity contribution in [3.8, 4) is 0 Å². The lowest BCUT2D eigenvalue weighted by molar-refractivity contribution is 0.653. The fourth-order valence-corrected chi connectivity index (χ4v) is 1.86. The first-order chi connectivity index (χ1) is 8.10. The smallest absolute Gasteiger partial charge is 0.0825 e. The third-order valence-electron chi connectivity index (χ3n) is 2.85. The van der Waals surface area contributed by atoms with Crippen molar-refractivity contribution in [3.05, 3.63) is 29.3 Å². The number of hydrogen-bond acceptors (Lipinski definition) is 3. The van der Waals surface area contributed by atoms with Crippen LogP contribution in [0.4, 0.5) is 5.69 Å². The molecule has 2 rings (SSSR count). The normalized spacial score (nSPS) is 10.8. The summed E-state index contributed by atoms with van der Waals surface area (Å²) in [6.45, 7) is 7.84. The van der Waals surface area contributed by atoms with Crippen LogP contribution >= 0.6 is 0 Å². The van der Waals surface area contributed by atoms with E-state index in [1.54, 1.807) is 0 Å². The van der Waals surface area contributed by atoms with E-state index in [1.165, 1.54) is 5.56 Å². The van der Waals surface area contributed by atoms with Crippen molar-refractivity contribution >= 4 is 5.69 Å². The summed E-state index contributed by atoms with van der Waals surface area (Å²) in [6, 6.07) is 0. The Morgan fingerprint density at radius 1 is 1.18 bits per heavy atom. The number of nitrogens with zero attached hydrogens (tertiary/aromatic N) is 4. The van der Waals surface area contributed by atoms with Gasteiger partial charge in [0.15, 0.2) is 0 Å². The molecule has 1 N–H and O–H groups in total. The number of hydrogen-bond donors (Lipinski definition) is 1. The maximum absolute atomic E-state index is 4.42. The van der Waals surface area contributed by atoms with Gasteiger partial charge in [0, 0.05) is 38.1 Å². The highest BCUT2D eigenvalue weighted by Crippen LogP contribution is 2.14. The van der Waals surface area contributed by atoms with Crippen molar-refractivity contribution in [2.45, 2.75) is 33.9 Å². The lowest BCUT2D eigenvalue weighted by atomic mass is 10.2. The highest BCUT2D eigenvalue weighted by molar-refractivity contribution is 5.46. The molecule has 0 aliphatic carbocycles. The summed E-state index contributed by atoms with van der Waals surface area (Å²) in [7, 11) is 1.93. The van der Waals surface area contributed by atoms with Crippen molar-refractivity contribution in [3.63, 3.8) is 0 Å². The maximum atomic E-state index is 4.42. The van der Waals surface area contributed by atoms with Crippen molar-refractivity contribution in [2.24, 2.45) is 7.05 Å². The lowest BCUT2D eigenvalue weighted by Crippen LogP contribution is -2.00. The molecule has 0 aliphatic heterocycles. The average molecular weight is 233 g/mol. The third kappa shape index (κ3) is 2.49. The largest absolute Gasteiger partial charge is 0.378 e. The molecule has 5 heteroatoms. The fraction of sp³-hybridized carbons (Fsp3) is 0.500. The first-order valence-electron chi connectivity index (χ1n) is 5.87. The van der Waals surface area contributed by atoms with Crippen LogP contribution < -0.4 is 5.32 Å². The zero-order chi connectivity index (χ0) is 12.4. The molecular weight excluding hydrogens is 214 g/mol. The molecule has 92 valence electrons. The molecule has 0 aromatic carbocycles. The first-order valence-corrected chi connectivity index (χ1v) is 5.87. The molecule has 0 saturated carbocycles. The topological polar surface area (TPSA) is 47.7 Å². The van der Waals surface area contributed by atoms with E-state index in [9.17, 15) is 0 Å². The van der Waals surface area contributed by atoms with Gasteiger partial charge >= 0.3 is 0 Å². The summed E-state index contributed by atoms with van der Waals surface area (Å²) in [5.41, 5.74) is 4.42. The lowest BCUT2D eigenvalue weighted by Gasteiger charge is -2.02. The van der Waals surface area contributed by atoms with Crippen LogP contribution in [0.1, 0.15) is 23.9 Å². The van der Waals surface area contributed by atoms with Crippen molar-refractivity contribution < 1.29 is 0 Å². The molecule has 17 heavy (non-hydrogen) atoms. The van der Waals surface area contributed by atoms with Crippen LogP contribution in [0.2, 0.25) is 0 Å². The first kappa shape index (κ1) is 11.7. The molecule has 0 fully saturated rings. The van der Waals surface area contributed by atoms with Crippen molar-refractivity contribution in [1.29, 1.82) is 0 Å². The van der Waals surface area contributed by atoms with E-state index in [0.717, 1.165) is 30.2 Å². The Morgan fingerprint density at radius 2 is 1.94 bits per heavy atom. The van der Waals surface area contributed by atoms with Gasteiger partial charge in [-0.3, -0.25) is 9.36 Å². The van der Waals surface area contributed by atoms with E-state index < -0.39 is 0 Å². The van der Waals surface area contributed by atoms with Gasteiger partial charge in [0.1, 0.15) is 0 Å². The summed E-state index contributed by atoms with van der Waals surface area (Å²) >= 11 is 0. The molecule has 0 aliphatic rings. The van der Waals surface area contributed by atoms with Gasteiger partial charge in [0.25, 0.3) is 0 Å². The van der Waals surface area contributed by atoms with E-state index in [-0.39, 0.29) is 0 Å². The van der Waals surface area contributed by atoms with E-state index in [4.69, 9.17) is 0 Å². The highest BCUT2D eigenvalue weighted by atomic mass is 15.3. The molecule has 0 atom stereocenters. The Morgan fingerprint density at radius 3 is 2.47 bits per heavy atom. The second-order valence-electron chi connectivity index (χ2n) is 4.25. The summed E-state index contributed by atoms with van der Waals surface area (Å²) in [5.74, 6) is 0. The Kier molecular flexibility index (Phi) is 3.17. The monoisotopic (exact) mass is 233 g/mol. The summed E-state index contributed by atoms with van der Waals surface area (Å²) < 4.78 is 3.78. The average Bonchev–Trinajstić information content (AvgIpc) is 2.79. The quantitative estimate of drug-likeness (QED) is 0.877. The van der Waals surface area contributed by atoms with Gasteiger partial charge in [-0.2, -0.15) is 10.2 Å². The van der Waals surface area contributed by atoms with Gasteiger partial charge in [-0.05, 0) is 20.8 Å². The molecule has 0 saturated heterocycles. The number of nitrogens with one attached hydrogen (secondary N) is 1. The summed E-state index contributed by atoms with van der Waals surface area (Å²) in [6.07, 6.45) is 4.09. The third-order valence-corrected chi connectivity index (χ3v) is 2.85.